The van der Waals surface area contributed by atoms with Crippen LogP contribution in [-0.2, 0) is 6.54 Å². The Morgan fingerprint density at radius 2 is 2.00 bits per heavy atom. The lowest BCUT2D eigenvalue weighted by molar-refractivity contribution is 0.268. The van der Waals surface area contributed by atoms with Crippen LogP contribution in [0.2, 0.25) is 0 Å². The minimum Gasteiger partial charge on any atom is -0.338 e. The van der Waals surface area contributed by atoms with Crippen LogP contribution in [0.15, 0.2) is 33.9 Å². The van der Waals surface area contributed by atoms with Gasteiger partial charge in [0.05, 0.1) is 12.8 Å². The smallest absolute Gasteiger partial charge is 0.241 e. The van der Waals surface area contributed by atoms with Crippen molar-refractivity contribution in [3.8, 4) is 11.4 Å². The van der Waals surface area contributed by atoms with E-state index in [1.54, 1.807) is 6.21 Å². The van der Waals surface area contributed by atoms with Crippen molar-refractivity contribution < 1.29 is 4.52 Å². The first-order valence-electron chi connectivity index (χ1n) is 6.74. The molecule has 1 aromatic carbocycles. The summed E-state index contributed by atoms with van der Waals surface area (Å²) in [5.41, 5.74) is 1.87. The highest BCUT2D eigenvalue weighted by Gasteiger charge is 2.16. The molecule has 0 amide bonds. The molecule has 1 aromatic heterocycles. The first kappa shape index (κ1) is 12.8. The molecule has 0 radical (unpaired) electrons. The molecule has 1 aliphatic heterocycles. The van der Waals surface area contributed by atoms with Crippen LogP contribution >= 0.6 is 0 Å². The number of nitrogens with two attached hydrogens (primary N) is 1. The van der Waals surface area contributed by atoms with Crippen LogP contribution < -0.4 is 5.84 Å². The molecule has 1 aliphatic rings. The van der Waals surface area contributed by atoms with Gasteiger partial charge in [-0.25, -0.2) is 0 Å². The predicted molar refractivity (Wildman–Crippen MR) is 76.0 cm³/mol. The Morgan fingerprint density at radius 3 is 2.70 bits per heavy atom. The summed E-state index contributed by atoms with van der Waals surface area (Å²) in [6.45, 7) is 2.97. The molecule has 2 aromatic rings. The van der Waals surface area contributed by atoms with Gasteiger partial charge in [0.15, 0.2) is 0 Å². The van der Waals surface area contributed by atoms with E-state index in [4.69, 9.17) is 10.4 Å². The van der Waals surface area contributed by atoms with Crippen LogP contribution in [0, 0.1) is 0 Å². The van der Waals surface area contributed by atoms with E-state index < -0.39 is 0 Å². The number of hydrazone groups is 1. The van der Waals surface area contributed by atoms with Gasteiger partial charge in [-0.15, -0.1) is 0 Å². The van der Waals surface area contributed by atoms with Gasteiger partial charge in [0.2, 0.25) is 11.7 Å². The average molecular weight is 271 g/mol. The molecule has 0 aliphatic carbocycles. The van der Waals surface area contributed by atoms with Crippen LogP contribution in [0.5, 0.6) is 0 Å². The van der Waals surface area contributed by atoms with E-state index in [1.165, 1.54) is 12.8 Å². The summed E-state index contributed by atoms with van der Waals surface area (Å²) in [4.78, 5) is 6.77. The van der Waals surface area contributed by atoms with E-state index in [0.29, 0.717) is 11.7 Å². The summed E-state index contributed by atoms with van der Waals surface area (Å²) in [6, 6.07) is 7.70. The van der Waals surface area contributed by atoms with Gasteiger partial charge in [-0.2, -0.15) is 10.1 Å². The molecule has 0 unspecified atom stereocenters. The van der Waals surface area contributed by atoms with Gasteiger partial charge < -0.3 is 10.4 Å². The number of nitrogens with zero attached hydrogens (tertiary/aromatic N) is 4. The lowest BCUT2D eigenvalue weighted by Crippen LogP contribution is -2.18. The van der Waals surface area contributed by atoms with Gasteiger partial charge in [0, 0.05) is 5.56 Å². The fourth-order valence-electron chi connectivity index (χ4n) is 2.37. The first-order valence-corrected chi connectivity index (χ1v) is 6.74. The molecule has 6 heteroatoms. The van der Waals surface area contributed by atoms with Crippen molar-refractivity contribution in [3.63, 3.8) is 0 Å². The SMILES string of the molecule is NN=Cc1ccc(-c2noc(CN3CCCC3)n2)cc1. The molecular weight excluding hydrogens is 254 g/mol. The summed E-state index contributed by atoms with van der Waals surface area (Å²) in [5, 5.41) is 7.52. The van der Waals surface area contributed by atoms with Crippen molar-refractivity contribution >= 4 is 6.21 Å². The third-order valence-electron chi connectivity index (χ3n) is 3.42. The van der Waals surface area contributed by atoms with Crippen LogP contribution in [0.4, 0.5) is 0 Å². The highest BCUT2D eigenvalue weighted by molar-refractivity contribution is 5.80. The molecular formula is C14H17N5O. The van der Waals surface area contributed by atoms with Gasteiger partial charge in [0.1, 0.15) is 0 Å². The third-order valence-corrected chi connectivity index (χ3v) is 3.42. The topological polar surface area (TPSA) is 80.5 Å². The fourth-order valence-corrected chi connectivity index (χ4v) is 2.37. The Bertz CT molecular complexity index is 584. The van der Waals surface area contributed by atoms with Crippen LogP contribution in [-0.4, -0.2) is 34.3 Å². The molecule has 0 bridgehead atoms. The van der Waals surface area contributed by atoms with E-state index >= 15 is 0 Å². The van der Waals surface area contributed by atoms with Crippen LogP contribution in [0.3, 0.4) is 0 Å². The van der Waals surface area contributed by atoms with E-state index in [2.05, 4.69) is 20.1 Å². The Balaban J connectivity index is 1.72. The molecule has 3 rings (SSSR count). The third kappa shape index (κ3) is 2.85. The normalized spacial score (nSPS) is 16.2. The van der Waals surface area contributed by atoms with E-state index in [-0.39, 0.29) is 0 Å². The minimum atomic E-state index is 0.621. The van der Waals surface area contributed by atoms with Crippen molar-refractivity contribution in [1.29, 1.82) is 0 Å². The Hall–Kier alpha value is -2.21. The molecule has 0 atom stereocenters. The van der Waals surface area contributed by atoms with Gasteiger partial charge >= 0.3 is 0 Å². The number of hydrogen-bond donors (Lipinski definition) is 1. The number of hydrogen-bond acceptors (Lipinski definition) is 6. The molecule has 2 N–H and O–H groups in total. The lowest BCUT2D eigenvalue weighted by atomic mass is 10.1. The van der Waals surface area contributed by atoms with Crippen LogP contribution in [0.1, 0.15) is 24.3 Å². The highest BCUT2D eigenvalue weighted by Crippen LogP contribution is 2.18. The number of benzene rings is 1. The zero-order valence-electron chi connectivity index (χ0n) is 11.2. The summed E-state index contributed by atoms with van der Waals surface area (Å²) >= 11 is 0. The van der Waals surface area contributed by atoms with Crippen molar-refractivity contribution in [2.75, 3.05) is 13.1 Å². The Labute approximate surface area is 117 Å². The Kier molecular flexibility index (Phi) is 3.73. The monoisotopic (exact) mass is 271 g/mol. The second-order valence-electron chi connectivity index (χ2n) is 4.90. The van der Waals surface area contributed by atoms with E-state index in [0.717, 1.165) is 30.8 Å². The van der Waals surface area contributed by atoms with Gasteiger partial charge in [-0.3, -0.25) is 4.90 Å². The Morgan fingerprint density at radius 1 is 1.25 bits per heavy atom. The maximum atomic E-state index is 5.31. The number of rotatable bonds is 4. The van der Waals surface area contributed by atoms with Crippen molar-refractivity contribution in [1.82, 2.24) is 15.0 Å². The molecule has 2 heterocycles. The molecule has 20 heavy (non-hydrogen) atoms. The zero-order valence-corrected chi connectivity index (χ0v) is 11.2. The van der Waals surface area contributed by atoms with Crippen molar-refractivity contribution in [2.24, 2.45) is 10.9 Å². The first-order chi connectivity index (χ1) is 9.85. The number of aromatic nitrogens is 2. The summed E-state index contributed by atoms with van der Waals surface area (Å²) in [7, 11) is 0. The summed E-state index contributed by atoms with van der Waals surface area (Å²) < 4.78 is 5.31. The molecule has 1 saturated heterocycles. The van der Waals surface area contributed by atoms with Crippen LogP contribution in [0.25, 0.3) is 11.4 Å². The van der Waals surface area contributed by atoms with Gasteiger partial charge in [-0.1, -0.05) is 29.4 Å². The predicted octanol–water partition coefficient (Wildman–Crippen LogP) is 1.63. The zero-order chi connectivity index (χ0) is 13.8. The molecule has 0 saturated carbocycles. The summed E-state index contributed by atoms with van der Waals surface area (Å²) in [6.07, 6.45) is 4.11. The maximum absolute atomic E-state index is 5.31. The van der Waals surface area contributed by atoms with Gasteiger partial charge in [0.25, 0.3) is 0 Å². The second kappa shape index (κ2) is 5.83. The molecule has 104 valence electrons. The summed E-state index contributed by atoms with van der Waals surface area (Å²) in [5.74, 6) is 6.41. The molecule has 1 fully saturated rings. The largest absolute Gasteiger partial charge is 0.338 e. The average Bonchev–Trinajstić information content (AvgIpc) is 3.12. The minimum absolute atomic E-state index is 0.621. The standard InChI is InChI=1S/C14H17N5O/c15-16-9-11-3-5-12(6-4-11)14-17-13(20-18-14)10-19-7-1-2-8-19/h3-6,9H,1-2,7-8,10,15H2. The maximum Gasteiger partial charge on any atom is 0.241 e. The highest BCUT2D eigenvalue weighted by atomic mass is 16.5. The molecule has 0 spiro atoms. The quantitative estimate of drug-likeness (QED) is 0.519. The fraction of sp³-hybridized carbons (Fsp3) is 0.357. The van der Waals surface area contributed by atoms with E-state index in [1.807, 2.05) is 24.3 Å². The van der Waals surface area contributed by atoms with Crippen molar-refractivity contribution in [2.45, 2.75) is 19.4 Å². The second-order valence-corrected chi connectivity index (χ2v) is 4.90. The molecule has 6 nitrogen and oxygen atoms in total. The van der Waals surface area contributed by atoms with E-state index in [9.17, 15) is 0 Å². The number of likely N-dealkylation sites (tertiary alicyclic amines) is 1. The lowest BCUT2D eigenvalue weighted by Gasteiger charge is -2.09. The van der Waals surface area contributed by atoms with Crippen molar-refractivity contribution in [3.05, 3.63) is 35.7 Å². The van der Waals surface area contributed by atoms with Gasteiger partial charge in [-0.05, 0) is 31.5 Å².